The first-order chi connectivity index (χ1) is 10.6. The highest BCUT2D eigenvalue weighted by molar-refractivity contribution is 9.10. The van der Waals surface area contributed by atoms with Gasteiger partial charge in [0, 0.05) is 21.6 Å². The molecule has 1 aliphatic rings. The number of halogens is 1. The van der Waals surface area contributed by atoms with Crippen LogP contribution in [0.3, 0.4) is 0 Å². The van der Waals surface area contributed by atoms with Crippen LogP contribution in [0.1, 0.15) is 12.5 Å². The van der Waals surface area contributed by atoms with Crippen molar-refractivity contribution >= 4 is 44.9 Å². The molecule has 4 heteroatoms. The van der Waals surface area contributed by atoms with Crippen LogP contribution in [0.5, 0.6) is 0 Å². The third-order valence-corrected chi connectivity index (χ3v) is 4.65. The minimum Gasteiger partial charge on any atom is -0.303 e. The Morgan fingerprint density at radius 1 is 1.09 bits per heavy atom. The molecule has 110 valence electrons. The van der Waals surface area contributed by atoms with Crippen molar-refractivity contribution in [1.82, 2.24) is 0 Å². The average Bonchev–Trinajstić information content (AvgIpc) is 2.91. The Labute approximate surface area is 142 Å². The van der Waals surface area contributed by atoms with Crippen molar-refractivity contribution < 1.29 is 4.79 Å². The van der Waals surface area contributed by atoms with Crippen LogP contribution in [-0.4, -0.2) is 5.78 Å². The lowest BCUT2D eigenvalue weighted by atomic mass is 10.1. The second-order valence-electron chi connectivity index (χ2n) is 4.89. The molecule has 1 aliphatic heterocycles. The lowest BCUT2D eigenvalue weighted by molar-refractivity contribution is -0.112. The summed E-state index contributed by atoms with van der Waals surface area (Å²) in [6, 6.07) is 18.3. The number of rotatable bonds is 3. The number of hydrogen-bond donors (Lipinski definition) is 0. The SMILES string of the molecule is CC(=O)/C=C1\SC=C(c2ccc(Br)cc2)N1c1ccccc1. The second kappa shape index (κ2) is 6.55. The van der Waals surface area contributed by atoms with Crippen LogP contribution in [0.2, 0.25) is 0 Å². The smallest absolute Gasteiger partial charge is 0.155 e. The molecule has 0 fully saturated rings. The quantitative estimate of drug-likeness (QED) is 0.670. The number of allylic oxidation sites excluding steroid dienone is 1. The van der Waals surface area contributed by atoms with Crippen LogP contribution in [0, 0.1) is 0 Å². The molecular formula is C18H14BrNOS. The third kappa shape index (κ3) is 3.18. The summed E-state index contributed by atoms with van der Waals surface area (Å²) in [6.45, 7) is 1.58. The zero-order valence-electron chi connectivity index (χ0n) is 12.0. The highest BCUT2D eigenvalue weighted by atomic mass is 79.9. The molecule has 0 amide bonds. The zero-order chi connectivity index (χ0) is 15.5. The predicted octanol–water partition coefficient (Wildman–Crippen LogP) is 5.43. The molecule has 2 nitrogen and oxygen atoms in total. The molecule has 0 aromatic heterocycles. The first-order valence-corrected chi connectivity index (χ1v) is 8.52. The van der Waals surface area contributed by atoms with Crippen molar-refractivity contribution in [3.05, 3.63) is 81.1 Å². The Morgan fingerprint density at radius 2 is 1.77 bits per heavy atom. The van der Waals surface area contributed by atoms with Gasteiger partial charge in [0.1, 0.15) is 0 Å². The molecule has 0 atom stereocenters. The van der Waals surface area contributed by atoms with E-state index in [0.29, 0.717) is 0 Å². The number of para-hydroxylation sites is 1. The van der Waals surface area contributed by atoms with E-state index in [1.165, 1.54) is 0 Å². The molecule has 22 heavy (non-hydrogen) atoms. The highest BCUT2D eigenvalue weighted by Gasteiger charge is 2.24. The Hall–Kier alpha value is -1.78. The number of thioether (sulfide) groups is 1. The van der Waals surface area contributed by atoms with Crippen molar-refractivity contribution in [3.8, 4) is 0 Å². The summed E-state index contributed by atoms with van der Waals surface area (Å²) in [5, 5.41) is 3.02. The fourth-order valence-electron chi connectivity index (χ4n) is 2.27. The minimum atomic E-state index is 0.0499. The van der Waals surface area contributed by atoms with E-state index in [0.717, 1.165) is 26.4 Å². The summed E-state index contributed by atoms with van der Waals surface area (Å²) < 4.78 is 1.05. The van der Waals surface area contributed by atoms with Gasteiger partial charge in [-0.2, -0.15) is 0 Å². The summed E-state index contributed by atoms with van der Waals surface area (Å²) in [4.78, 5) is 13.6. The largest absolute Gasteiger partial charge is 0.303 e. The van der Waals surface area contributed by atoms with Gasteiger partial charge in [0.15, 0.2) is 5.78 Å². The van der Waals surface area contributed by atoms with Crippen LogP contribution >= 0.6 is 27.7 Å². The number of ketones is 1. The van der Waals surface area contributed by atoms with Crippen molar-refractivity contribution in [2.75, 3.05) is 4.90 Å². The van der Waals surface area contributed by atoms with E-state index in [4.69, 9.17) is 0 Å². The van der Waals surface area contributed by atoms with E-state index in [1.54, 1.807) is 24.8 Å². The van der Waals surface area contributed by atoms with Crippen LogP contribution in [0.15, 0.2) is 75.6 Å². The van der Waals surface area contributed by atoms with Crippen LogP contribution in [0.25, 0.3) is 5.70 Å². The zero-order valence-corrected chi connectivity index (χ0v) is 14.4. The summed E-state index contributed by atoms with van der Waals surface area (Å²) in [7, 11) is 0. The van der Waals surface area contributed by atoms with Crippen molar-refractivity contribution in [3.63, 3.8) is 0 Å². The number of hydrogen-bond acceptors (Lipinski definition) is 3. The van der Waals surface area contributed by atoms with Crippen molar-refractivity contribution in [1.29, 1.82) is 0 Å². The number of carbonyl (C=O) groups is 1. The summed E-state index contributed by atoms with van der Waals surface area (Å²) in [6.07, 6.45) is 1.68. The minimum absolute atomic E-state index is 0.0499. The van der Waals surface area contributed by atoms with Crippen molar-refractivity contribution in [2.45, 2.75) is 6.92 Å². The van der Waals surface area contributed by atoms with E-state index in [9.17, 15) is 4.79 Å². The Bertz CT molecular complexity index is 750. The van der Waals surface area contributed by atoms with Gasteiger partial charge >= 0.3 is 0 Å². The van der Waals surface area contributed by atoms with Crippen molar-refractivity contribution in [2.24, 2.45) is 0 Å². The third-order valence-electron chi connectivity index (χ3n) is 3.23. The Morgan fingerprint density at radius 3 is 2.41 bits per heavy atom. The van der Waals surface area contributed by atoms with Gasteiger partial charge in [0.2, 0.25) is 0 Å². The molecule has 0 aliphatic carbocycles. The summed E-state index contributed by atoms with van der Waals surface area (Å²) in [5.41, 5.74) is 3.25. The molecule has 3 rings (SSSR count). The summed E-state index contributed by atoms with van der Waals surface area (Å²) in [5.74, 6) is 0.0499. The molecule has 2 aromatic rings. The standard InChI is InChI=1S/C18H14BrNOS/c1-13(21)11-18-20(16-5-3-2-4-6-16)17(12-22-18)14-7-9-15(19)10-8-14/h2-12H,1H3/b18-11-. The number of carbonyl (C=O) groups excluding carboxylic acids is 1. The first kappa shape index (κ1) is 15.1. The maximum absolute atomic E-state index is 11.5. The van der Waals surface area contributed by atoms with Gasteiger partial charge in [0.25, 0.3) is 0 Å². The second-order valence-corrected chi connectivity index (χ2v) is 6.70. The molecule has 0 saturated heterocycles. The number of anilines is 1. The van der Waals surface area contributed by atoms with Gasteiger partial charge in [-0.3, -0.25) is 4.79 Å². The lowest BCUT2D eigenvalue weighted by Gasteiger charge is -2.23. The highest BCUT2D eigenvalue weighted by Crippen LogP contribution is 2.42. The Balaban J connectivity index is 2.05. The molecule has 0 N–H and O–H groups in total. The lowest BCUT2D eigenvalue weighted by Crippen LogP contribution is -2.16. The molecule has 0 radical (unpaired) electrons. The van der Waals surface area contributed by atoms with Gasteiger partial charge < -0.3 is 4.90 Å². The number of nitrogens with zero attached hydrogens (tertiary/aromatic N) is 1. The van der Waals surface area contributed by atoms with E-state index in [1.807, 2.05) is 42.5 Å². The van der Waals surface area contributed by atoms with Gasteiger partial charge in [-0.25, -0.2) is 0 Å². The fourth-order valence-corrected chi connectivity index (χ4v) is 3.56. The van der Waals surface area contributed by atoms with E-state index >= 15 is 0 Å². The predicted molar refractivity (Wildman–Crippen MR) is 97.4 cm³/mol. The monoisotopic (exact) mass is 371 g/mol. The van der Waals surface area contributed by atoms with Crippen LogP contribution < -0.4 is 4.90 Å². The van der Waals surface area contributed by atoms with Crippen LogP contribution in [0.4, 0.5) is 5.69 Å². The molecule has 0 saturated carbocycles. The van der Waals surface area contributed by atoms with Gasteiger partial charge in [-0.15, -0.1) is 0 Å². The first-order valence-electron chi connectivity index (χ1n) is 6.85. The van der Waals surface area contributed by atoms with E-state index in [2.05, 4.69) is 38.4 Å². The molecular weight excluding hydrogens is 358 g/mol. The topological polar surface area (TPSA) is 20.3 Å². The van der Waals surface area contributed by atoms with E-state index in [-0.39, 0.29) is 5.78 Å². The van der Waals surface area contributed by atoms with Gasteiger partial charge in [0.05, 0.1) is 10.7 Å². The van der Waals surface area contributed by atoms with E-state index < -0.39 is 0 Å². The molecule has 0 bridgehead atoms. The summed E-state index contributed by atoms with van der Waals surface area (Å²) >= 11 is 5.04. The molecule has 2 aromatic carbocycles. The van der Waals surface area contributed by atoms with Gasteiger partial charge in [-0.05, 0) is 36.8 Å². The molecule has 0 unspecified atom stereocenters. The fraction of sp³-hybridized carbons (Fsp3) is 0.0556. The maximum Gasteiger partial charge on any atom is 0.155 e. The molecule has 1 heterocycles. The van der Waals surface area contributed by atoms with Crippen LogP contribution in [-0.2, 0) is 4.79 Å². The Kier molecular flexibility index (Phi) is 4.50. The van der Waals surface area contributed by atoms with Gasteiger partial charge in [-0.1, -0.05) is 58.0 Å². The normalized spacial score (nSPS) is 16.0. The number of benzene rings is 2. The molecule has 0 spiro atoms. The maximum atomic E-state index is 11.5. The average molecular weight is 372 g/mol.